The molecule has 3 amide bonds. The molecule has 3 N–H and O–H groups in total. The lowest BCUT2D eigenvalue weighted by atomic mass is 10.1. The minimum absolute atomic E-state index is 0.147. The highest BCUT2D eigenvalue weighted by Crippen LogP contribution is 2.25. The van der Waals surface area contributed by atoms with Gasteiger partial charge in [-0.1, -0.05) is 29.3 Å². The Morgan fingerprint density at radius 3 is 2.32 bits per heavy atom. The maximum absolute atomic E-state index is 12.1. The maximum Gasteiger partial charge on any atom is 0.319 e. The second-order valence-electron chi connectivity index (χ2n) is 5.43. The van der Waals surface area contributed by atoms with E-state index in [1.165, 1.54) is 0 Å². The molecule has 0 heterocycles. The molecule has 25 heavy (non-hydrogen) atoms. The minimum atomic E-state index is -0.357. The van der Waals surface area contributed by atoms with Crippen LogP contribution in [0.15, 0.2) is 42.5 Å². The Kier molecular flexibility index (Phi) is 6.67. The quantitative estimate of drug-likeness (QED) is 0.708. The van der Waals surface area contributed by atoms with Crippen molar-refractivity contribution >= 4 is 40.8 Å². The zero-order valence-corrected chi connectivity index (χ0v) is 15.4. The molecule has 0 aromatic heterocycles. The number of rotatable bonds is 5. The van der Waals surface area contributed by atoms with Crippen molar-refractivity contribution in [2.75, 3.05) is 11.9 Å². The van der Waals surface area contributed by atoms with Crippen LogP contribution >= 0.6 is 23.2 Å². The number of urea groups is 1. The van der Waals surface area contributed by atoms with Gasteiger partial charge in [0.05, 0.1) is 16.1 Å². The summed E-state index contributed by atoms with van der Waals surface area (Å²) in [6.45, 7) is 4.26. The maximum atomic E-state index is 12.1. The Morgan fingerprint density at radius 1 is 1.04 bits per heavy atom. The van der Waals surface area contributed by atoms with E-state index in [4.69, 9.17) is 23.2 Å². The predicted molar refractivity (Wildman–Crippen MR) is 101 cm³/mol. The van der Waals surface area contributed by atoms with Gasteiger partial charge in [-0.2, -0.15) is 0 Å². The molecule has 7 heteroatoms. The number of anilines is 1. The number of benzene rings is 2. The summed E-state index contributed by atoms with van der Waals surface area (Å²) in [5, 5.41) is 9.17. The predicted octanol–water partition coefficient (Wildman–Crippen LogP) is 4.63. The van der Waals surface area contributed by atoms with Gasteiger partial charge in [0, 0.05) is 17.8 Å². The van der Waals surface area contributed by atoms with Crippen molar-refractivity contribution in [2.45, 2.75) is 19.9 Å². The summed E-state index contributed by atoms with van der Waals surface area (Å²) in [5.41, 5.74) is 1.97. The van der Waals surface area contributed by atoms with Gasteiger partial charge in [-0.3, -0.25) is 4.79 Å². The number of amides is 3. The second kappa shape index (κ2) is 8.74. The van der Waals surface area contributed by atoms with Crippen LogP contribution in [0.25, 0.3) is 0 Å². The molecule has 0 aliphatic heterocycles. The van der Waals surface area contributed by atoms with Crippen LogP contribution < -0.4 is 16.0 Å². The van der Waals surface area contributed by atoms with Crippen LogP contribution in [0.3, 0.4) is 0 Å². The van der Waals surface area contributed by atoms with Crippen molar-refractivity contribution in [3.05, 3.63) is 63.6 Å². The van der Waals surface area contributed by atoms with E-state index in [9.17, 15) is 9.59 Å². The smallest absolute Gasteiger partial charge is 0.319 e. The molecule has 0 aliphatic carbocycles. The van der Waals surface area contributed by atoms with Crippen molar-refractivity contribution < 1.29 is 9.59 Å². The first-order valence-corrected chi connectivity index (χ1v) is 8.57. The van der Waals surface area contributed by atoms with Crippen LogP contribution in [0, 0.1) is 0 Å². The molecule has 2 aromatic carbocycles. The molecule has 5 nitrogen and oxygen atoms in total. The molecule has 0 radical (unpaired) electrons. The minimum Gasteiger partial charge on any atom is -0.352 e. The molecular formula is C18H19Cl2N3O2. The fraction of sp³-hybridized carbons (Fsp3) is 0.222. The zero-order chi connectivity index (χ0) is 18.4. The Balaban J connectivity index is 1.95. The standard InChI is InChI=1S/C18H19Cl2N3O2/c1-3-21-17(24)12-4-7-14(8-5-12)23-18(25)22-11(2)13-6-9-15(19)16(20)10-13/h4-11H,3H2,1-2H3,(H,21,24)(H2,22,23,25). The van der Waals surface area contributed by atoms with Crippen molar-refractivity contribution in [3.8, 4) is 0 Å². The number of nitrogens with one attached hydrogen (secondary N) is 3. The van der Waals surface area contributed by atoms with E-state index < -0.39 is 0 Å². The summed E-state index contributed by atoms with van der Waals surface area (Å²) in [6, 6.07) is 11.3. The van der Waals surface area contributed by atoms with Crippen LogP contribution in [0.2, 0.25) is 10.0 Å². The van der Waals surface area contributed by atoms with Crippen molar-refractivity contribution in [2.24, 2.45) is 0 Å². The Bertz CT molecular complexity index is 763. The van der Waals surface area contributed by atoms with Gasteiger partial charge >= 0.3 is 6.03 Å². The van der Waals surface area contributed by atoms with Crippen LogP contribution in [-0.4, -0.2) is 18.5 Å². The molecular weight excluding hydrogens is 361 g/mol. The highest BCUT2D eigenvalue weighted by Gasteiger charge is 2.11. The SMILES string of the molecule is CCNC(=O)c1ccc(NC(=O)NC(C)c2ccc(Cl)c(Cl)c2)cc1. The summed E-state index contributed by atoms with van der Waals surface area (Å²) in [7, 11) is 0. The zero-order valence-electron chi connectivity index (χ0n) is 13.9. The molecule has 2 aromatic rings. The Morgan fingerprint density at radius 2 is 1.72 bits per heavy atom. The summed E-state index contributed by atoms with van der Waals surface area (Å²) in [4.78, 5) is 23.8. The molecule has 0 aliphatic rings. The number of carbonyl (C=O) groups excluding carboxylic acids is 2. The van der Waals surface area contributed by atoms with Crippen molar-refractivity contribution in [1.29, 1.82) is 0 Å². The first kappa shape index (κ1) is 19.1. The van der Waals surface area contributed by atoms with Gasteiger partial charge in [0.25, 0.3) is 5.91 Å². The molecule has 0 fully saturated rings. The third-order valence-corrected chi connectivity index (χ3v) is 4.27. The van der Waals surface area contributed by atoms with Gasteiger partial charge in [0.2, 0.25) is 0 Å². The van der Waals surface area contributed by atoms with Crippen LogP contribution in [0.4, 0.5) is 10.5 Å². The lowest BCUT2D eigenvalue weighted by Gasteiger charge is -2.16. The summed E-state index contributed by atoms with van der Waals surface area (Å²) in [5.74, 6) is -0.147. The van der Waals surface area contributed by atoms with E-state index in [1.807, 2.05) is 13.8 Å². The fourth-order valence-corrected chi connectivity index (χ4v) is 2.50. The van der Waals surface area contributed by atoms with Gasteiger partial charge < -0.3 is 16.0 Å². The van der Waals surface area contributed by atoms with Gasteiger partial charge in [-0.15, -0.1) is 0 Å². The van der Waals surface area contributed by atoms with E-state index in [1.54, 1.807) is 42.5 Å². The molecule has 2 rings (SSSR count). The largest absolute Gasteiger partial charge is 0.352 e. The van der Waals surface area contributed by atoms with Gasteiger partial charge in [-0.05, 0) is 55.8 Å². The molecule has 1 atom stereocenters. The number of hydrogen-bond donors (Lipinski definition) is 3. The van der Waals surface area contributed by atoms with E-state index >= 15 is 0 Å². The first-order valence-electron chi connectivity index (χ1n) is 7.81. The number of carbonyl (C=O) groups is 2. The van der Waals surface area contributed by atoms with E-state index in [0.29, 0.717) is 27.8 Å². The Hall–Kier alpha value is -2.24. The van der Waals surface area contributed by atoms with Gasteiger partial charge in [0.1, 0.15) is 0 Å². The van der Waals surface area contributed by atoms with E-state index in [0.717, 1.165) is 5.56 Å². The summed E-state index contributed by atoms with van der Waals surface area (Å²) >= 11 is 11.9. The summed E-state index contributed by atoms with van der Waals surface area (Å²) < 4.78 is 0. The number of hydrogen-bond acceptors (Lipinski definition) is 2. The normalized spacial score (nSPS) is 11.5. The topological polar surface area (TPSA) is 70.2 Å². The monoisotopic (exact) mass is 379 g/mol. The number of halogens is 2. The lowest BCUT2D eigenvalue weighted by Crippen LogP contribution is -2.31. The van der Waals surface area contributed by atoms with Gasteiger partial charge in [-0.25, -0.2) is 4.79 Å². The average molecular weight is 380 g/mol. The molecule has 1 unspecified atom stereocenters. The molecule has 0 spiro atoms. The molecule has 0 bridgehead atoms. The highest BCUT2D eigenvalue weighted by atomic mass is 35.5. The van der Waals surface area contributed by atoms with Crippen LogP contribution in [0.1, 0.15) is 35.8 Å². The fourth-order valence-electron chi connectivity index (χ4n) is 2.20. The Labute approximate surface area is 156 Å². The second-order valence-corrected chi connectivity index (χ2v) is 6.24. The highest BCUT2D eigenvalue weighted by molar-refractivity contribution is 6.42. The average Bonchev–Trinajstić information content (AvgIpc) is 2.58. The summed E-state index contributed by atoms with van der Waals surface area (Å²) in [6.07, 6.45) is 0. The van der Waals surface area contributed by atoms with Crippen molar-refractivity contribution in [1.82, 2.24) is 10.6 Å². The van der Waals surface area contributed by atoms with Gasteiger partial charge in [0.15, 0.2) is 0 Å². The van der Waals surface area contributed by atoms with Crippen molar-refractivity contribution in [3.63, 3.8) is 0 Å². The van der Waals surface area contributed by atoms with Crippen LogP contribution in [-0.2, 0) is 0 Å². The first-order chi connectivity index (χ1) is 11.9. The van der Waals surface area contributed by atoms with E-state index in [-0.39, 0.29) is 18.0 Å². The lowest BCUT2D eigenvalue weighted by molar-refractivity contribution is 0.0956. The van der Waals surface area contributed by atoms with E-state index in [2.05, 4.69) is 16.0 Å². The molecule has 0 saturated heterocycles. The third kappa shape index (κ3) is 5.37. The molecule has 0 saturated carbocycles. The molecule has 132 valence electrons. The van der Waals surface area contributed by atoms with Crippen LogP contribution in [0.5, 0.6) is 0 Å². The third-order valence-electron chi connectivity index (χ3n) is 3.53.